The van der Waals surface area contributed by atoms with E-state index in [2.05, 4.69) is 0 Å². The molecule has 8 heteroatoms. The van der Waals surface area contributed by atoms with Crippen molar-refractivity contribution in [2.75, 3.05) is 17.5 Å². The number of nitrogens with zero attached hydrogens (tertiary/aromatic N) is 1. The Kier molecular flexibility index (Phi) is 4.97. The topological polar surface area (TPSA) is 46.6 Å². The molecule has 0 fully saturated rings. The highest BCUT2D eigenvalue weighted by Crippen LogP contribution is 2.39. The van der Waals surface area contributed by atoms with Crippen molar-refractivity contribution in [3.63, 3.8) is 0 Å². The summed E-state index contributed by atoms with van der Waals surface area (Å²) < 4.78 is 72.4. The van der Waals surface area contributed by atoms with Crippen molar-refractivity contribution in [3.8, 4) is 16.9 Å². The fraction of sp³-hybridized carbons (Fsp3) is 0.182. The second-order valence-electron chi connectivity index (χ2n) is 7.00. The quantitative estimate of drug-likeness (QED) is 0.566. The molecule has 1 heterocycles. The lowest BCUT2D eigenvalue weighted by atomic mass is 10.0. The van der Waals surface area contributed by atoms with Gasteiger partial charge in [0, 0.05) is 0 Å². The molecule has 4 nitrogen and oxygen atoms in total. The molecule has 0 atom stereocenters. The number of fused-ring (bicyclic) bond motifs is 1. The minimum atomic E-state index is -4.63. The molecular formula is C22H18F3NO3S. The predicted octanol–water partition coefficient (Wildman–Crippen LogP) is 5.27. The van der Waals surface area contributed by atoms with Crippen LogP contribution < -0.4 is 9.04 Å². The van der Waals surface area contributed by atoms with Gasteiger partial charge in [0.2, 0.25) is 0 Å². The van der Waals surface area contributed by atoms with Crippen LogP contribution in [0.5, 0.6) is 5.75 Å². The number of benzene rings is 3. The molecule has 0 unspecified atom stereocenters. The lowest BCUT2D eigenvalue weighted by Crippen LogP contribution is -2.38. The summed E-state index contributed by atoms with van der Waals surface area (Å²) in [6.07, 6.45) is -4.63. The summed E-state index contributed by atoms with van der Waals surface area (Å²) in [7, 11) is -4.21. The number of sulfonamides is 1. The first-order chi connectivity index (χ1) is 14.2. The molecule has 0 saturated carbocycles. The van der Waals surface area contributed by atoms with Crippen LogP contribution in [-0.2, 0) is 16.2 Å². The number of ether oxygens (including phenoxy) is 1. The number of alkyl halides is 3. The molecule has 0 bridgehead atoms. The average Bonchev–Trinajstić information content (AvgIpc) is 2.72. The fourth-order valence-corrected chi connectivity index (χ4v) is 4.90. The first-order valence-electron chi connectivity index (χ1n) is 9.20. The summed E-state index contributed by atoms with van der Waals surface area (Å²) in [5.74, 6) is 0.369. The van der Waals surface area contributed by atoms with Gasteiger partial charge in [0.05, 0.1) is 22.7 Å². The Balaban J connectivity index is 1.80. The molecule has 30 heavy (non-hydrogen) atoms. The highest BCUT2D eigenvalue weighted by atomic mass is 32.2. The molecule has 0 N–H and O–H groups in total. The van der Waals surface area contributed by atoms with E-state index in [1.165, 1.54) is 6.07 Å². The molecule has 1 aliphatic heterocycles. The third-order valence-corrected chi connectivity index (χ3v) is 6.69. The zero-order valence-corrected chi connectivity index (χ0v) is 16.8. The van der Waals surface area contributed by atoms with E-state index < -0.39 is 26.7 Å². The van der Waals surface area contributed by atoms with Crippen LogP contribution in [0.25, 0.3) is 11.1 Å². The van der Waals surface area contributed by atoms with Crippen LogP contribution >= 0.6 is 0 Å². The summed E-state index contributed by atoms with van der Waals surface area (Å²) in [5, 5.41) is 0. The number of hydrogen-bond acceptors (Lipinski definition) is 3. The van der Waals surface area contributed by atoms with Gasteiger partial charge in [0.25, 0.3) is 10.0 Å². The number of halogens is 3. The molecular weight excluding hydrogens is 415 g/mol. The molecule has 4 rings (SSSR count). The van der Waals surface area contributed by atoms with Gasteiger partial charge < -0.3 is 4.74 Å². The van der Waals surface area contributed by atoms with E-state index in [9.17, 15) is 21.6 Å². The number of hydrogen-bond donors (Lipinski definition) is 0. The summed E-state index contributed by atoms with van der Waals surface area (Å²) >= 11 is 0. The maximum atomic E-state index is 13.2. The predicted molar refractivity (Wildman–Crippen MR) is 108 cm³/mol. The Hall–Kier alpha value is -3.00. The van der Waals surface area contributed by atoms with Gasteiger partial charge in [-0.2, -0.15) is 13.2 Å². The Morgan fingerprint density at radius 2 is 1.67 bits per heavy atom. The molecule has 3 aromatic rings. The Bertz CT molecular complexity index is 1210. The standard InChI is InChI=1S/C22H18F3NO3S/c1-15-4-2-5-16(12-15)17-8-9-21-20(13-17)26(10-11-29-21)30(27,28)19-7-3-6-18(14-19)22(23,24)25/h2-9,12-14H,10-11H2,1H3. The number of anilines is 1. The molecule has 0 aromatic heterocycles. The van der Waals surface area contributed by atoms with Gasteiger partial charge in [-0.1, -0.05) is 42.0 Å². The van der Waals surface area contributed by atoms with E-state index in [0.29, 0.717) is 17.5 Å². The van der Waals surface area contributed by atoms with Crippen LogP contribution in [0.4, 0.5) is 18.9 Å². The van der Waals surface area contributed by atoms with Gasteiger partial charge in [0.15, 0.2) is 0 Å². The molecule has 1 aliphatic rings. The highest BCUT2D eigenvalue weighted by Gasteiger charge is 2.34. The molecule has 0 spiro atoms. The Labute approximate surface area is 172 Å². The summed E-state index contributed by atoms with van der Waals surface area (Å²) in [4.78, 5) is -0.411. The third-order valence-electron chi connectivity index (χ3n) is 4.88. The van der Waals surface area contributed by atoms with E-state index in [0.717, 1.165) is 33.1 Å². The van der Waals surface area contributed by atoms with Crippen LogP contribution in [0, 0.1) is 6.92 Å². The first kappa shape index (κ1) is 20.3. The maximum Gasteiger partial charge on any atom is 0.416 e. The van der Waals surface area contributed by atoms with Gasteiger partial charge in [-0.25, -0.2) is 8.42 Å². The summed E-state index contributed by atoms with van der Waals surface area (Å²) in [5.41, 5.74) is 2.03. The van der Waals surface area contributed by atoms with Crippen LogP contribution in [0.15, 0.2) is 71.6 Å². The molecule has 0 saturated heterocycles. The molecule has 0 amide bonds. The zero-order valence-electron chi connectivity index (χ0n) is 16.0. The van der Waals surface area contributed by atoms with Crippen LogP contribution in [0.1, 0.15) is 11.1 Å². The number of rotatable bonds is 3. The first-order valence-corrected chi connectivity index (χ1v) is 10.6. The monoisotopic (exact) mass is 433 g/mol. The van der Waals surface area contributed by atoms with Crippen molar-refractivity contribution in [1.82, 2.24) is 0 Å². The van der Waals surface area contributed by atoms with E-state index in [-0.39, 0.29) is 13.2 Å². The fourth-order valence-electron chi connectivity index (χ4n) is 3.41. The van der Waals surface area contributed by atoms with Crippen LogP contribution in [0.3, 0.4) is 0 Å². The van der Waals surface area contributed by atoms with Crippen molar-refractivity contribution in [2.45, 2.75) is 18.0 Å². The minimum Gasteiger partial charge on any atom is -0.489 e. The van der Waals surface area contributed by atoms with E-state index in [1.807, 2.05) is 37.3 Å². The van der Waals surface area contributed by atoms with Gasteiger partial charge in [-0.3, -0.25) is 4.31 Å². The van der Waals surface area contributed by atoms with Crippen molar-refractivity contribution in [1.29, 1.82) is 0 Å². The molecule has 0 radical (unpaired) electrons. The van der Waals surface area contributed by atoms with Crippen molar-refractivity contribution < 1.29 is 26.3 Å². The van der Waals surface area contributed by atoms with E-state index >= 15 is 0 Å². The van der Waals surface area contributed by atoms with Gasteiger partial charge in [-0.05, 0) is 48.4 Å². The van der Waals surface area contributed by atoms with Crippen molar-refractivity contribution >= 4 is 15.7 Å². The number of aryl methyl sites for hydroxylation is 1. The van der Waals surface area contributed by atoms with Gasteiger partial charge >= 0.3 is 6.18 Å². The van der Waals surface area contributed by atoms with Crippen molar-refractivity contribution in [2.24, 2.45) is 0 Å². The lowest BCUT2D eigenvalue weighted by Gasteiger charge is -2.31. The van der Waals surface area contributed by atoms with Crippen LogP contribution in [0.2, 0.25) is 0 Å². The SMILES string of the molecule is Cc1cccc(-c2ccc3c(c2)N(S(=O)(=O)c2cccc(C(F)(F)F)c2)CCO3)c1. The third kappa shape index (κ3) is 3.75. The Morgan fingerprint density at radius 3 is 2.40 bits per heavy atom. The lowest BCUT2D eigenvalue weighted by molar-refractivity contribution is -0.137. The smallest absolute Gasteiger partial charge is 0.416 e. The molecule has 156 valence electrons. The van der Waals surface area contributed by atoms with Crippen molar-refractivity contribution in [3.05, 3.63) is 77.9 Å². The van der Waals surface area contributed by atoms with E-state index in [4.69, 9.17) is 4.74 Å². The largest absolute Gasteiger partial charge is 0.489 e. The highest BCUT2D eigenvalue weighted by molar-refractivity contribution is 7.92. The van der Waals surface area contributed by atoms with Gasteiger partial charge in [-0.15, -0.1) is 0 Å². The second kappa shape index (κ2) is 7.36. The van der Waals surface area contributed by atoms with E-state index in [1.54, 1.807) is 12.1 Å². The normalized spacial score (nSPS) is 14.2. The minimum absolute atomic E-state index is 0.00283. The zero-order chi connectivity index (χ0) is 21.5. The summed E-state index contributed by atoms with van der Waals surface area (Å²) in [6, 6.07) is 16.7. The Morgan fingerprint density at radius 1 is 0.933 bits per heavy atom. The molecule has 0 aliphatic carbocycles. The maximum absolute atomic E-state index is 13.2. The molecule has 3 aromatic carbocycles. The van der Waals surface area contributed by atoms with Gasteiger partial charge in [0.1, 0.15) is 12.4 Å². The second-order valence-corrected chi connectivity index (χ2v) is 8.87. The summed E-state index contributed by atoms with van der Waals surface area (Å²) in [6.45, 7) is 2.06. The average molecular weight is 433 g/mol. The van der Waals surface area contributed by atoms with Crippen LogP contribution in [-0.4, -0.2) is 21.6 Å².